The maximum Gasteiger partial charge on any atom is 0.224 e. The van der Waals surface area contributed by atoms with Gasteiger partial charge in [-0.25, -0.2) is 4.39 Å². The number of unbranched alkanes of at least 4 members (excludes halogenated alkanes) is 2. The standard InChI is InChI=1S/C30H42ClFO6/c1-5-8-14-36-28-19-24(20-33)38-30(34-4,29(28)37-15-9-6-2)23-11-12-25(31)22(18-23)16-21-10-13-27(35-7-3)26(32)17-21/h10-13,17-18,24,28-29,33H,5-9,14-16,19-20H2,1-4H3/t24-,28-,29+,30-/m0/s1. The van der Waals surface area contributed by atoms with Crippen molar-refractivity contribution in [1.82, 2.24) is 0 Å². The maximum atomic E-state index is 14.5. The summed E-state index contributed by atoms with van der Waals surface area (Å²) in [4.78, 5) is 0. The van der Waals surface area contributed by atoms with Gasteiger partial charge in [0.1, 0.15) is 6.10 Å². The molecule has 3 rings (SSSR count). The molecule has 4 atom stereocenters. The molecule has 1 aliphatic rings. The normalized spacial score (nSPS) is 23.5. The van der Waals surface area contributed by atoms with Gasteiger partial charge in [-0.15, -0.1) is 0 Å². The molecule has 0 radical (unpaired) electrons. The zero-order chi connectivity index (χ0) is 27.5. The van der Waals surface area contributed by atoms with E-state index in [1.54, 1.807) is 19.2 Å². The number of rotatable bonds is 15. The van der Waals surface area contributed by atoms with Crippen LogP contribution in [0.25, 0.3) is 0 Å². The van der Waals surface area contributed by atoms with Crippen LogP contribution < -0.4 is 4.74 Å². The predicted octanol–water partition coefficient (Wildman–Crippen LogP) is 6.42. The summed E-state index contributed by atoms with van der Waals surface area (Å²) in [5, 5.41) is 10.6. The molecule has 1 aliphatic heterocycles. The van der Waals surface area contributed by atoms with Gasteiger partial charge in [-0.3, -0.25) is 0 Å². The highest BCUT2D eigenvalue weighted by atomic mass is 35.5. The van der Waals surface area contributed by atoms with Crippen molar-refractivity contribution >= 4 is 11.6 Å². The van der Waals surface area contributed by atoms with Crippen LogP contribution in [0.2, 0.25) is 5.02 Å². The lowest BCUT2D eigenvalue weighted by Gasteiger charge is -2.49. The molecule has 38 heavy (non-hydrogen) atoms. The molecule has 2 aromatic carbocycles. The Hall–Kier alpha value is -1.74. The second-order valence-corrected chi connectivity index (χ2v) is 10.0. The van der Waals surface area contributed by atoms with Gasteiger partial charge in [0, 0.05) is 37.3 Å². The van der Waals surface area contributed by atoms with E-state index in [9.17, 15) is 9.50 Å². The number of benzene rings is 2. The van der Waals surface area contributed by atoms with Crippen molar-refractivity contribution in [3.63, 3.8) is 0 Å². The van der Waals surface area contributed by atoms with Crippen molar-refractivity contribution in [2.75, 3.05) is 33.5 Å². The summed E-state index contributed by atoms with van der Waals surface area (Å²) in [5.41, 5.74) is 2.25. The molecular formula is C30H42ClFO6. The summed E-state index contributed by atoms with van der Waals surface area (Å²) in [7, 11) is 1.58. The van der Waals surface area contributed by atoms with Crippen LogP contribution in [0.4, 0.5) is 4.39 Å². The van der Waals surface area contributed by atoms with Gasteiger partial charge in [-0.2, -0.15) is 0 Å². The molecule has 8 heteroatoms. The van der Waals surface area contributed by atoms with Gasteiger partial charge in [0.2, 0.25) is 5.79 Å². The maximum absolute atomic E-state index is 14.5. The summed E-state index contributed by atoms with van der Waals surface area (Å²) in [5.74, 6) is -1.51. The molecule has 212 valence electrons. The zero-order valence-electron chi connectivity index (χ0n) is 23.0. The summed E-state index contributed by atoms with van der Waals surface area (Å²) >= 11 is 6.61. The first-order valence-electron chi connectivity index (χ1n) is 13.7. The van der Waals surface area contributed by atoms with E-state index in [0.29, 0.717) is 43.2 Å². The molecule has 0 amide bonds. The molecule has 1 N–H and O–H groups in total. The predicted molar refractivity (Wildman–Crippen MR) is 146 cm³/mol. The lowest BCUT2D eigenvalue weighted by Crippen LogP contribution is -2.59. The number of methoxy groups -OCH3 is 1. The van der Waals surface area contributed by atoms with Crippen molar-refractivity contribution in [3.8, 4) is 5.75 Å². The highest BCUT2D eigenvalue weighted by Crippen LogP contribution is 2.43. The van der Waals surface area contributed by atoms with Crippen molar-refractivity contribution in [3.05, 3.63) is 63.9 Å². The molecule has 0 unspecified atom stereocenters. The van der Waals surface area contributed by atoms with Crippen LogP contribution >= 0.6 is 11.6 Å². The minimum atomic E-state index is -1.32. The fraction of sp³-hybridized carbons (Fsp3) is 0.600. The summed E-state index contributed by atoms with van der Waals surface area (Å²) < 4.78 is 45.1. The lowest BCUT2D eigenvalue weighted by molar-refractivity contribution is -0.356. The average molecular weight is 553 g/mol. The van der Waals surface area contributed by atoms with Crippen LogP contribution in [-0.4, -0.2) is 57.0 Å². The smallest absolute Gasteiger partial charge is 0.224 e. The molecule has 0 aromatic heterocycles. The number of ether oxygens (including phenoxy) is 5. The number of hydrogen-bond acceptors (Lipinski definition) is 6. The Kier molecular flexibility index (Phi) is 12.3. The average Bonchev–Trinajstić information content (AvgIpc) is 2.92. The molecule has 0 aliphatic carbocycles. The van der Waals surface area contributed by atoms with Crippen LogP contribution in [-0.2, 0) is 31.2 Å². The van der Waals surface area contributed by atoms with E-state index in [2.05, 4.69) is 13.8 Å². The minimum Gasteiger partial charge on any atom is -0.491 e. The Balaban J connectivity index is 1.99. The molecule has 0 saturated carbocycles. The number of hydrogen-bond donors (Lipinski definition) is 1. The largest absolute Gasteiger partial charge is 0.491 e. The fourth-order valence-electron chi connectivity index (χ4n) is 4.80. The van der Waals surface area contributed by atoms with Gasteiger partial charge in [0.05, 0.1) is 25.4 Å². The van der Waals surface area contributed by atoms with E-state index in [-0.39, 0.29) is 18.5 Å². The minimum absolute atomic E-state index is 0.174. The quantitative estimate of drug-likeness (QED) is 0.257. The van der Waals surface area contributed by atoms with E-state index in [4.69, 9.17) is 35.3 Å². The third-order valence-corrected chi connectivity index (χ3v) is 7.19. The van der Waals surface area contributed by atoms with Crippen LogP contribution in [0, 0.1) is 5.82 Å². The van der Waals surface area contributed by atoms with E-state index in [1.165, 1.54) is 6.07 Å². The van der Waals surface area contributed by atoms with E-state index in [0.717, 1.165) is 36.8 Å². The van der Waals surface area contributed by atoms with Crippen LogP contribution in [0.15, 0.2) is 36.4 Å². The summed E-state index contributed by atoms with van der Waals surface area (Å²) in [6.45, 7) is 7.37. The third-order valence-electron chi connectivity index (χ3n) is 6.82. The van der Waals surface area contributed by atoms with Crippen molar-refractivity contribution in [2.45, 2.75) is 83.4 Å². The van der Waals surface area contributed by atoms with Gasteiger partial charge >= 0.3 is 0 Å². The molecule has 1 heterocycles. The second-order valence-electron chi connectivity index (χ2n) is 9.62. The van der Waals surface area contributed by atoms with Crippen LogP contribution in [0.3, 0.4) is 0 Å². The topological polar surface area (TPSA) is 66.4 Å². The van der Waals surface area contributed by atoms with E-state index in [1.807, 2.05) is 25.1 Å². The van der Waals surface area contributed by atoms with Gasteiger partial charge in [-0.05, 0) is 61.6 Å². The Bertz CT molecular complexity index is 1000. The van der Waals surface area contributed by atoms with E-state index < -0.39 is 23.8 Å². The molecule has 1 fully saturated rings. The number of halogens is 2. The second kappa shape index (κ2) is 15.2. The molecule has 1 saturated heterocycles. The van der Waals surface area contributed by atoms with Gasteiger partial charge in [0.25, 0.3) is 0 Å². The first-order valence-corrected chi connectivity index (χ1v) is 14.1. The highest BCUT2D eigenvalue weighted by molar-refractivity contribution is 6.31. The summed E-state index contributed by atoms with van der Waals surface area (Å²) in [6, 6.07) is 10.5. The van der Waals surface area contributed by atoms with Crippen molar-refractivity contribution < 1.29 is 33.2 Å². The van der Waals surface area contributed by atoms with Gasteiger partial charge < -0.3 is 28.8 Å². The summed E-state index contributed by atoms with van der Waals surface area (Å²) in [6.07, 6.45) is 3.31. The SMILES string of the molecule is CCCCO[C@H]1C[C@@H](CO)O[C@@](OC)(c2ccc(Cl)c(Cc3ccc(OCC)c(F)c3)c2)[C@@H]1OCCCC. The fourth-order valence-corrected chi connectivity index (χ4v) is 4.98. The Morgan fingerprint density at radius 2 is 1.79 bits per heavy atom. The Morgan fingerprint density at radius 3 is 2.42 bits per heavy atom. The molecular weight excluding hydrogens is 511 g/mol. The Morgan fingerprint density at radius 1 is 1.05 bits per heavy atom. The van der Waals surface area contributed by atoms with Crippen LogP contribution in [0.5, 0.6) is 5.75 Å². The van der Waals surface area contributed by atoms with Gasteiger partial charge in [-0.1, -0.05) is 50.4 Å². The monoisotopic (exact) mass is 552 g/mol. The molecule has 0 spiro atoms. The third kappa shape index (κ3) is 7.46. The number of aliphatic hydroxyl groups is 1. The van der Waals surface area contributed by atoms with E-state index >= 15 is 0 Å². The molecule has 0 bridgehead atoms. The van der Waals surface area contributed by atoms with Crippen LogP contribution in [0.1, 0.15) is 69.6 Å². The van der Waals surface area contributed by atoms with Gasteiger partial charge in [0.15, 0.2) is 11.6 Å². The molecule has 2 aromatic rings. The first-order chi connectivity index (χ1) is 18.4. The molecule has 6 nitrogen and oxygen atoms in total. The Labute approximate surface area is 231 Å². The zero-order valence-corrected chi connectivity index (χ0v) is 23.8. The van der Waals surface area contributed by atoms with Crippen molar-refractivity contribution in [2.24, 2.45) is 0 Å². The first kappa shape index (κ1) is 30.8. The van der Waals surface area contributed by atoms with Crippen molar-refractivity contribution in [1.29, 1.82) is 0 Å². The lowest BCUT2D eigenvalue weighted by atomic mass is 9.88. The highest BCUT2D eigenvalue weighted by Gasteiger charge is 2.53. The number of aliphatic hydroxyl groups excluding tert-OH is 1.